The molecule has 0 bridgehead atoms. The Bertz CT molecular complexity index is 700. The number of phosphoric acid groups is 1. The summed E-state index contributed by atoms with van der Waals surface area (Å²) in [5, 5.41) is 0. The molecule has 0 rings (SSSR count). The molecule has 0 saturated heterocycles. The van der Waals surface area contributed by atoms with Crippen LogP contribution in [0.2, 0.25) is 26.6 Å². The Morgan fingerprint density at radius 3 is 1.05 bits per heavy atom. The fourth-order valence-corrected chi connectivity index (χ4v) is 57.5. The van der Waals surface area contributed by atoms with Gasteiger partial charge in [0.05, 0.1) is 0 Å². The van der Waals surface area contributed by atoms with E-state index in [1.807, 2.05) is 13.8 Å². The maximum atomic E-state index is 15.2. The van der Waals surface area contributed by atoms with Gasteiger partial charge < -0.3 is 0 Å². The molecule has 0 atom stereocenters. The monoisotopic (exact) mass is 1040 g/mol. The summed E-state index contributed by atoms with van der Waals surface area (Å²) < 4.78 is 58.6. The summed E-state index contributed by atoms with van der Waals surface area (Å²) in [7, 11) is 14.1. The second kappa shape index (κ2) is 25.6. The zero-order valence-electron chi connectivity index (χ0n) is 28.5. The van der Waals surface area contributed by atoms with Gasteiger partial charge in [0.2, 0.25) is 0 Å². The van der Waals surface area contributed by atoms with Crippen molar-refractivity contribution in [3.63, 3.8) is 0 Å². The summed E-state index contributed by atoms with van der Waals surface area (Å²) in [4.78, 5) is 0. The van der Waals surface area contributed by atoms with E-state index in [2.05, 4.69) is 41.5 Å². The molecule has 0 aliphatic carbocycles. The second-order valence-corrected chi connectivity index (χ2v) is 57.1. The van der Waals surface area contributed by atoms with Gasteiger partial charge in [-0.15, -0.1) is 0 Å². The second-order valence-electron chi connectivity index (χ2n) is 11.4. The van der Waals surface area contributed by atoms with Crippen LogP contribution in [0.3, 0.4) is 0 Å². The van der Waals surface area contributed by atoms with Crippen LogP contribution in [-0.4, -0.2) is 66.2 Å². The van der Waals surface area contributed by atoms with Gasteiger partial charge in [-0.05, 0) is 0 Å². The van der Waals surface area contributed by atoms with Crippen molar-refractivity contribution in [3.05, 3.63) is 0 Å². The van der Waals surface area contributed by atoms with Crippen molar-refractivity contribution in [2.45, 2.75) is 159 Å². The third kappa shape index (κ3) is 20.2. The topological polar surface area (TPSA) is 72.5 Å². The van der Waals surface area contributed by atoms with Crippen molar-refractivity contribution in [2.24, 2.45) is 0 Å². The van der Waals surface area contributed by atoms with Crippen molar-refractivity contribution in [2.75, 3.05) is 13.2 Å². The Kier molecular flexibility index (Phi) is 27.8. The molecule has 0 aromatic rings. The first kappa shape index (κ1) is 46.7. The predicted octanol–water partition coefficient (Wildman–Crippen LogP) is 13.8. The van der Waals surface area contributed by atoms with Crippen LogP contribution in [0.25, 0.3) is 0 Å². The van der Waals surface area contributed by atoms with Crippen LogP contribution in [0.1, 0.15) is 132 Å². The third-order valence-electron chi connectivity index (χ3n) is 7.02. The van der Waals surface area contributed by atoms with Crippen LogP contribution < -0.4 is 0 Å². The van der Waals surface area contributed by atoms with Gasteiger partial charge in [0.25, 0.3) is 0 Å². The molecule has 0 N–H and O–H groups in total. The molecular weight excluding hydrogens is 973 g/mol. The van der Waals surface area contributed by atoms with Crippen molar-refractivity contribution in [1.82, 2.24) is 0 Å². The fraction of sp³-hybridized carbons (Fsp3) is 1.00. The normalized spacial score (nSPS) is 13.7. The quantitative estimate of drug-likeness (QED) is 0.0524. The van der Waals surface area contributed by atoms with Crippen molar-refractivity contribution >= 4 is 95.7 Å². The van der Waals surface area contributed by atoms with Gasteiger partial charge in [0, 0.05) is 0 Å². The molecule has 0 aliphatic rings. The molecule has 260 valence electrons. The number of rotatable bonds is 30. The van der Waals surface area contributed by atoms with E-state index in [1.54, 1.807) is 0 Å². The average molecular weight is 1040 g/mol. The van der Waals surface area contributed by atoms with Gasteiger partial charge in [0.15, 0.2) is 0 Å². The molecule has 0 aromatic heterocycles. The summed E-state index contributed by atoms with van der Waals surface area (Å²) in [6.45, 7) is 16.9. The molecule has 0 unspecified atom stereocenters. The van der Waals surface area contributed by atoms with Crippen LogP contribution in [0.5, 0.6) is 0 Å². The van der Waals surface area contributed by atoms with Crippen LogP contribution in [0, 0.1) is 0 Å². The summed E-state index contributed by atoms with van der Waals surface area (Å²) in [6, 6.07) is 0. The maximum absolute atomic E-state index is 15.2. The first-order valence-electron chi connectivity index (χ1n) is 17.0. The van der Waals surface area contributed by atoms with Gasteiger partial charge in [-0.2, -0.15) is 0 Å². The molecule has 0 fully saturated rings. The Hall–Kier alpha value is 3.69. The summed E-state index contributed by atoms with van der Waals surface area (Å²) in [5.74, 6) is 0. The van der Waals surface area contributed by atoms with E-state index in [-0.39, 0.29) is 13.2 Å². The van der Waals surface area contributed by atoms with Crippen LogP contribution in [0.4, 0.5) is 0 Å². The molecule has 0 amide bonds. The van der Waals surface area contributed by atoms with E-state index >= 15 is 4.57 Å². The van der Waals surface area contributed by atoms with E-state index in [0.29, 0.717) is 17.7 Å². The number of halogens is 3. The van der Waals surface area contributed by atoms with Crippen LogP contribution in [0.15, 0.2) is 0 Å². The van der Waals surface area contributed by atoms with E-state index < -0.39 is 69.0 Å². The Morgan fingerprint density at radius 1 is 0.512 bits per heavy atom. The molecular formula is C28H64Cl3O7P2Sn3+. The Morgan fingerprint density at radius 2 is 0.791 bits per heavy atom. The van der Waals surface area contributed by atoms with Crippen molar-refractivity contribution in [1.29, 1.82) is 0 Å². The van der Waals surface area contributed by atoms with Gasteiger partial charge >= 0.3 is 295 Å². The summed E-state index contributed by atoms with van der Waals surface area (Å²) in [6.07, 6.45) is 11.3. The first-order valence-corrected chi connectivity index (χ1v) is 46.4. The summed E-state index contributed by atoms with van der Waals surface area (Å²) in [5.41, 5.74) is 0. The van der Waals surface area contributed by atoms with Crippen molar-refractivity contribution < 1.29 is 26.5 Å². The van der Waals surface area contributed by atoms with Gasteiger partial charge in [0.1, 0.15) is 0 Å². The molecule has 0 saturated carbocycles. The molecule has 43 heavy (non-hydrogen) atoms. The van der Waals surface area contributed by atoms with E-state index in [9.17, 15) is 0 Å². The Labute approximate surface area is 291 Å². The zero-order valence-corrected chi connectivity index (χ0v) is 41.1. The van der Waals surface area contributed by atoms with Crippen LogP contribution in [-0.2, 0) is 26.5 Å². The Balaban J connectivity index is 7.00. The number of hydrogen-bond donors (Lipinski definition) is 0. The first-order chi connectivity index (χ1) is 20.3. The number of hydrogen-bond acceptors (Lipinski definition) is 7. The summed E-state index contributed by atoms with van der Waals surface area (Å²) >= 11 is -11.8. The molecule has 7 nitrogen and oxygen atoms in total. The minimum atomic E-state index is -4.37. The van der Waals surface area contributed by atoms with Crippen molar-refractivity contribution in [3.8, 4) is 0 Å². The SMILES string of the molecule is CCC[CH2][Sn]([Cl])([CH2]CCC)[O]P(=O)(O[P+](OCC)(OCC)[O][Sn]([Cl])([CH2]CCC)[CH2]CCC)[O][Sn]([Cl])([CH2]CCC)[CH2]CCC. The molecule has 0 heterocycles. The van der Waals surface area contributed by atoms with E-state index in [0.717, 1.165) is 85.9 Å². The molecule has 0 spiro atoms. The average Bonchev–Trinajstić information content (AvgIpc) is 2.95. The van der Waals surface area contributed by atoms with Crippen LogP contribution >= 0.6 is 42.8 Å². The third-order valence-corrected chi connectivity index (χ3v) is 56.2. The number of unbranched alkanes of at least 4 members (excludes halogenated alkanes) is 6. The zero-order chi connectivity index (χ0) is 32.9. The van der Waals surface area contributed by atoms with Gasteiger partial charge in [-0.25, -0.2) is 0 Å². The molecule has 0 radical (unpaired) electrons. The molecule has 15 heteroatoms. The van der Waals surface area contributed by atoms with Gasteiger partial charge in [-0.1, -0.05) is 0 Å². The fourth-order valence-electron chi connectivity index (χ4n) is 4.54. The predicted molar refractivity (Wildman–Crippen MR) is 195 cm³/mol. The van der Waals surface area contributed by atoms with E-state index in [1.165, 1.54) is 0 Å². The minimum absolute atomic E-state index is 0.232. The van der Waals surface area contributed by atoms with Gasteiger partial charge in [-0.3, -0.25) is 0 Å². The molecule has 0 aromatic carbocycles. The van der Waals surface area contributed by atoms with E-state index in [4.69, 9.17) is 48.7 Å². The molecule has 0 aliphatic heterocycles. The standard InChI is InChI=1S/C4H12O7P2.6C4H9.3ClH.3Sn/c1-3-9-13(8,10-4-2)11-12(5,6)7;6*1-3-4-2;;;;;;/h3-4H2,1-2H3,(H2,5,6,7);6*1,3-4H2,2H3;3*1H;;;/q;;;;;;;;;;3*+2/p-5.